The van der Waals surface area contributed by atoms with Crippen molar-refractivity contribution in [1.82, 2.24) is 9.88 Å². The Morgan fingerprint density at radius 2 is 2.05 bits per heavy atom. The lowest BCUT2D eigenvalue weighted by Gasteiger charge is -2.22. The summed E-state index contributed by atoms with van der Waals surface area (Å²) in [5, 5.41) is 8.37. The minimum absolute atomic E-state index is 0.892. The Kier molecular flexibility index (Phi) is 3.74. The zero-order valence-corrected chi connectivity index (χ0v) is 11.7. The van der Waals surface area contributed by atoms with Crippen LogP contribution in [0, 0.1) is 5.92 Å². The second kappa shape index (κ2) is 5.66. The molecular formula is C16H23N3. The van der Waals surface area contributed by atoms with Gasteiger partial charge in [-0.2, -0.15) is 0 Å². The van der Waals surface area contributed by atoms with Gasteiger partial charge < -0.3 is 15.2 Å². The second-order valence-electron chi connectivity index (χ2n) is 5.58. The number of hydrogen-bond acceptors (Lipinski definition) is 2. The quantitative estimate of drug-likeness (QED) is 0.881. The number of nitrogens with one attached hydrogen (secondary N) is 2. The van der Waals surface area contributed by atoms with Crippen molar-refractivity contribution in [2.24, 2.45) is 13.0 Å². The first-order chi connectivity index (χ1) is 9.34. The number of anilines is 1. The summed E-state index contributed by atoms with van der Waals surface area (Å²) < 4.78 is 2.20. The highest BCUT2D eigenvalue weighted by atomic mass is 15.0. The van der Waals surface area contributed by atoms with Crippen LogP contribution in [0.4, 0.5) is 5.69 Å². The molecule has 1 aromatic carbocycles. The summed E-state index contributed by atoms with van der Waals surface area (Å²) in [5.74, 6) is 0.892. The molecule has 3 rings (SSSR count). The summed E-state index contributed by atoms with van der Waals surface area (Å²) in [6.45, 7) is 3.47. The molecule has 2 N–H and O–H groups in total. The summed E-state index contributed by atoms with van der Waals surface area (Å²) >= 11 is 0. The maximum absolute atomic E-state index is 3.61. The van der Waals surface area contributed by atoms with Gasteiger partial charge in [-0.05, 0) is 44.3 Å². The fraction of sp³-hybridized carbons (Fsp3) is 0.500. The molecule has 0 amide bonds. The van der Waals surface area contributed by atoms with Gasteiger partial charge >= 0.3 is 0 Å². The minimum atomic E-state index is 0.892. The molecule has 1 saturated heterocycles. The molecular weight excluding hydrogens is 234 g/mol. The standard InChI is InChI=1S/C16H23N3/c1-19-12-15(14-4-2-3-5-16(14)19)18-11-8-13-6-9-17-10-7-13/h2-5,12-13,17-18H,6-11H2,1H3. The molecule has 0 spiro atoms. The normalized spacial score (nSPS) is 16.9. The van der Waals surface area contributed by atoms with E-state index in [2.05, 4.69) is 52.7 Å². The van der Waals surface area contributed by atoms with E-state index in [9.17, 15) is 0 Å². The van der Waals surface area contributed by atoms with Crippen LogP contribution in [0.15, 0.2) is 30.5 Å². The number of hydrogen-bond donors (Lipinski definition) is 2. The van der Waals surface area contributed by atoms with Crippen LogP contribution < -0.4 is 10.6 Å². The topological polar surface area (TPSA) is 29.0 Å². The predicted octanol–water partition coefficient (Wildman–Crippen LogP) is 2.98. The highest BCUT2D eigenvalue weighted by molar-refractivity contribution is 5.92. The van der Waals surface area contributed by atoms with Crippen molar-refractivity contribution in [2.45, 2.75) is 19.3 Å². The van der Waals surface area contributed by atoms with Crippen LogP contribution in [0.5, 0.6) is 0 Å². The Hall–Kier alpha value is -1.48. The molecule has 3 heteroatoms. The van der Waals surface area contributed by atoms with Crippen molar-refractivity contribution in [3.8, 4) is 0 Å². The molecule has 19 heavy (non-hydrogen) atoms. The van der Waals surface area contributed by atoms with E-state index in [1.54, 1.807) is 0 Å². The van der Waals surface area contributed by atoms with E-state index in [0.29, 0.717) is 0 Å². The van der Waals surface area contributed by atoms with Gasteiger partial charge in [0.05, 0.1) is 5.69 Å². The molecule has 0 atom stereocenters. The first kappa shape index (κ1) is 12.5. The summed E-state index contributed by atoms with van der Waals surface area (Å²) in [5.41, 5.74) is 2.57. The smallest absolute Gasteiger partial charge is 0.0599 e. The minimum Gasteiger partial charge on any atom is -0.383 e. The lowest BCUT2D eigenvalue weighted by atomic mass is 9.95. The van der Waals surface area contributed by atoms with Crippen LogP contribution in [0.1, 0.15) is 19.3 Å². The lowest BCUT2D eigenvalue weighted by molar-refractivity contribution is 0.361. The first-order valence-corrected chi connectivity index (χ1v) is 7.33. The Bertz CT molecular complexity index is 538. The number of para-hydroxylation sites is 1. The second-order valence-corrected chi connectivity index (χ2v) is 5.58. The third-order valence-corrected chi connectivity index (χ3v) is 4.22. The van der Waals surface area contributed by atoms with E-state index in [1.807, 2.05) is 0 Å². The zero-order valence-electron chi connectivity index (χ0n) is 11.7. The van der Waals surface area contributed by atoms with Crippen molar-refractivity contribution in [3.63, 3.8) is 0 Å². The van der Waals surface area contributed by atoms with Crippen LogP contribution in [0.3, 0.4) is 0 Å². The third kappa shape index (κ3) is 2.76. The number of fused-ring (bicyclic) bond motifs is 1. The maximum atomic E-state index is 3.61. The highest BCUT2D eigenvalue weighted by Crippen LogP contribution is 2.25. The van der Waals surface area contributed by atoms with Gasteiger partial charge in [-0.3, -0.25) is 0 Å². The molecule has 0 saturated carbocycles. The van der Waals surface area contributed by atoms with Crippen LogP contribution >= 0.6 is 0 Å². The van der Waals surface area contributed by atoms with Crippen molar-refractivity contribution in [2.75, 3.05) is 25.0 Å². The Morgan fingerprint density at radius 1 is 1.26 bits per heavy atom. The van der Waals surface area contributed by atoms with Gasteiger partial charge in [0, 0.05) is 30.7 Å². The van der Waals surface area contributed by atoms with Gasteiger partial charge in [-0.15, -0.1) is 0 Å². The van der Waals surface area contributed by atoms with E-state index in [1.165, 1.54) is 48.9 Å². The number of piperidine rings is 1. The average Bonchev–Trinajstić information content (AvgIpc) is 2.78. The molecule has 1 aliphatic heterocycles. The number of aromatic nitrogens is 1. The van der Waals surface area contributed by atoms with E-state index in [-0.39, 0.29) is 0 Å². The molecule has 1 fully saturated rings. The Labute approximate surface area is 115 Å². The number of benzene rings is 1. The van der Waals surface area contributed by atoms with Crippen LogP contribution in [0.25, 0.3) is 10.9 Å². The van der Waals surface area contributed by atoms with Crippen LogP contribution in [-0.4, -0.2) is 24.2 Å². The van der Waals surface area contributed by atoms with Gasteiger partial charge in [0.25, 0.3) is 0 Å². The van der Waals surface area contributed by atoms with Gasteiger partial charge in [0.1, 0.15) is 0 Å². The van der Waals surface area contributed by atoms with Crippen molar-refractivity contribution >= 4 is 16.6 Å². The van der Waals surface area contributed by atoms with Crippen molar-refractivity contribution in [3.05, 3.63) is 30.5 Å². The largest absolute Gasteiger partial charge is 0.383 e. The Balaban J connectivity index is 1.62. The van der Waals surface area contributed by atoms with Gasteiger partial charge in [-0.25, -0.2) is 0 Å². The molecule has 1 aliphatic rings. The summed E-state index contributed by atoms with van der Waals surface area (Å²) in [6, 6.07) is 8.58. The van der Waals surface area contributed by atoms with Gasteiger partial charge in [0.2, 0.25) is 0 Å². The monoisotopic (exact) mass is 257 g/mol. The Morgan fingerprint density at radius 3 is 2.89 bits per heavy atom. The van der Waals surface area contributed by atoms with Gasteiger partial charge in [-0.1, -0.05) is 18.2 Å². The first-order valence-electron chi connectivity index (χ1n) is 7.33. The zero-order chi connectivity index (χ0) is 13.1. The van der Waals surface area contributed by atoms with Crippen LogP contribution in [-0.2, 0) is 7.05 Å². The van der Waals surface area contributed by atoms with E-state index >= 15 is 0 Å². The fourth-order valence-electron chi connectivity index (χ4n) is 3.06. The number of aryl methyl sites for hydroxylation is 1. The molecule has 0 aliphatic carbocycles. The predicted molar refractivity (Wildman–Crippen MR) is 81.6 cm³/mol. The van der Waals surface area contributed by atoms with Crippen molar-refractivity contribution in [1.29, 1.82) is 0 Å². The third-order valence-electron chi connectivity index (χ3n) is 4.22. The van der Waals surface area contributed by atoms with E-state index in [0.717, 1.165) is 12.5 Å². The molecule has 1 aromatic heterocycles. The molecule has 0 radical (unpaired) electrons. The van der Waals surface area contributed by atoms with Crippen LogP contribution in [0.2, 0.25) is 0 Å². The molecule has 2 heterocycles. The SMILES string of the molecule is Cn1cc(NCCC2CCNCC2)c2ccccc21. The maximum Gasteiger partial charge on any atom is 0.0599 e. The average molecular weight is 257 g/mol. The molecule has 2 aromatic rings. The summed E-state index contributed by atoms with van der Waals surface area (Å²) in [7, 11) is 2.11. The van der Waals surface area contributed by atoms with Crippen molar-refractivity contribution < 1.29 is 0 Å². The highest BCUT2D eigenvalue weighted by Gasteiger charge is 2.12. The van der Waals surface area contributed by atoms with Gasteiger partial charge in [0.15, 0.2) is 0 Å². The lowest BCUT2D eigenvalue weighted by Crippen LogP contribution is -2.28. The molecule has 102 valence electrons. The number of nitrogens with zero attached hydrogens (tertiary/aromatic N) is 1. The molecule has 0 unspecified atom stereocenters. The van der Waals surface area contributed by atoms with E-state index in [4.69, 9.17) is 0 Å². The molecule has 0 bridgehead atoms. The van der Waals surface area contributed by atoms with E-state index < -0.39 is 0 Å². The summed E-state index contributed by atoms with van der Waals surface area (Å²) in [6.07, 6.45) is 6.15. The molecule has 3 nitrogen and oxygen atoms in total. The summed E-state index contributed by atoms with van der Waals surface area (Å²) in [4.78, 5) is 0. The number of rotatable bonds is 4. The fourth-order valence-corrected chi connectivity index (χ4v) is 3.06.